The normalized spacial score (nSPS) is 10.1. The molecule has 0 unspecified atom stereocenters. The van der Waals surface area contributed by atoms with Crippen LogP contribution in [0.4, 0.5) is 0 Å². The number of aliphatic hydroxyl groups is 1. The number of aliphatic hydroxyl groups excluding tert-OH is 1. The molecule has 0 aliphatic carbocycles. The van der Waals surface area contributed by atoms with Crippen molar-refractivity contribution in [3.05, 3.63) is 22.2 Å². The second kappa shape index (κ2) is 4.48. The van der Waals surface area contributed by atoms with E-state index in [-0.39, 0.29) is 12.4 Å². The molecular weight excluding hydrogens is 236 g/mol. The fourth-order valence-corrected chi connectivity index (χ4v) is 1.50. The molecule has 0 aliphatic heterocycles. The maximum atomic E-state index is 9.54. The number of phenols is 1. The highest BCUT2D eigenvalue weighted by Crippen LogP contribution is 2.33. The molecule has 4 heteroatoms. The average Bonchev–Trinajstić information content (AvgIpc) is 2.11. The molecular formula is C9H11BrO3. The minimum Gasteiger partial charge on any atom is -0.504 e. The van der Waals surface area contributed by atoms with Gasteiger partial charge in [0.25, 0.3) is 0 Å². The Morgan fingerprint density at radius 2 is 2.15 bits per heavy atom. The molecule has 0 saturated heterocycles. The lowest BCUT2D eigenvalue weighted by molar-refractivity contribution is 0.268. The molecule has 0 fully saturated rings. The molecule has 0 bridgehead atoms. The molecule has 3 nitrogen and oxygen atoms in total. The fourth-order valence-electron chi connectivity index (χ4n) is 1.01. The third kappa shape index (κ3) is 2.35. The van der Waals surface area contributed by atoms with Crippen LogP contribution in [-0.2, 0) is 6.61 Å². The maximum absolute atomic E-state index is 9.54. The lowest BCUT2D eigenvalue weighted by atomic mass is 10.2. The molecule has 2 N–H and O–H groups in total. The van der Waals surface area contributed by atoms with Gasteiger partial charge in [-0.3, -0.25) is 0 Å². The standard InChI is InChI=1S/C9H11BrO3/c1-2-13-8-4-7(10)3-6(5-11)9(8)12/h3-4,11-12H,2,5H2,1H3. The number of halogens is 1. The van der Waals surface area contributed by atoms with Crippen LogP contribution in [0.25, 0.3) is 0 Å². The van der Waals surface area contributed by atoms with Gasteiger partial charge in [0.15, 0.2) is 11.5 Å². The van der Waals surface area contributed by atoms with Gasteiger partial charge in [-0.2, -0.15) is 0 Å². The van der Waals surface area contributed by atoms with Gasteiger partial charge >= 0.3 is 0 Å². The Morgan fingerprint density at radius 3 is 2.69 bits per heavy atom. The van der Waals surface area contributed by atoms with Crippen molar-refractivity contribution in [3.8, 4) is 11.5 Å². The molecule has 0 aliphatic rings. The van der Waals surface area contributed by atoms with Crippen LogP contribution >= 0.6 is 15.9 Å². The van der Waals surface area contributed by atoms with Gasteiger partial charge in [-0.25, -0.2) is 0 Å². The number of rotatable bonds is 3. The van der Waals surface area contributed by atoms with Crippen LogP contribution in [0.2, 0.25) is 0 Å². The van der Waals surface area contributed by atoms with Crippen LogP contribution in [0.5, 0.6) is 11.5 Å². The van der Waals surface area contributed by atoms with Crippen molar-refractivity contribution in [1.82, 2.24) is 0 Å². The zero-order valence-corrected chi connectivity index (χ0v) is 8.84. The van der Waals surface area contributed by atoms with E-state index in [4.69, 9.17) is 9.84 Å². The van der Waals surface area contributed by atoms with E-state index in [0.29, 0.717) is 17.9 Å². The highest BCUT2D eigenvalue weighted by molar-refractivity contribution is 9.10. The van der Waals surface area contributed by atoms with Crippen molar-refractivity contribution in [1.29, 1.82) is 0 Å². The van der Waals surface area contributed by atoms with Gasteiger partial charge in [-0.15, -0.1) is 0 Å². The third-order valence-corrected chi connectivity index (χ3v) is 2.05. The van der Waals surface area contributed by atoms with Crippen LogP contribution in [-0.4, -0.2) is 16.8 Å². The lowest BCUT2D eigenvalue weighted by Gasteiger charge is -2.09. The first kappa shape index (κ1) is 10.3. The van der Waals surface area contributed by atoms with E-state index in [9.17, 15) is 5.11 Å². The molecule has 0 aromatic heterocycles. The molecule has 1 aromatic rings. The first-order chi connectivity index (χ1) is 6.19. The van der Waals surface area contributed by atoms with Crippen LogP contribution in [0, 0.1) is 0 Å². The maximum Gasteiger partial charge on any atom is 0.163 e. The molecule has 0 atom stereocenters. The van der Waals surface area contributed by atoms with Gasteiger partial charge in [0, 0.05) is 10.0 Å². The summed E-state index contributed by atoms with van der Waals surface area (Å²) in [5.74, 6) is 0.397. The zero-order chi connectivity index (χ0) is 9.84. The highest BCUT2D eigenvalue weighted by Gasteiger charge is 2.08. The van der Waals surface area contributed by atoms with Gasteiger partial charge < -0.3 is 14.9 Å². The Morgan fingerprint density at radius 1 is 1.46 bits per heavy atom. The predicted octanol–water partition coefficient (Wildman–Crippen LogP) is 2.05. The summed E-state index contributed by atoms with van der Waals surface area (Å²) in [7, 11) is 0. The minimum absolute atomic E-state index is 0.00699. The monoisotopic (exact) mass is 246 g/mol. The number of hydrogen-bond donors (Lipinski definition) is 2. The topological polar surface area (TPSA) is 49.7 Å². The molecule has 0 spiro atoms. The molecule has 0 heterocycles. The van der Waals surface area contributed by atoms with E-state index in [2.05, 4.69) is 15.9 Å². The van der Waals surface area contributed by atoms with Gasteiger partial charge in [-0.05, 0) is 19.1 Å². The van der Waals surface area contributed by atoms with Crippen LogP contribution in [0.3, 0.4) is 0 Å². The molecule has 0 saturated carbocycles. The largest absolute Gasteiger partial charge is 0.504 e. The number of ether oxygens (including phenoxy) is 1. The third-order valence-electron chi connectivity index (χ3n) is 1.59. The van der Waals surface area contributed by atoms with E-state index in [1.807, 2.05) is 6.92 Å². The Labute approximate surface area is 85.1 Å². The van der Waals surface area contributed by atoms with Crippen molar-refractivity contribution in [2.45, 2.75) is 13.5 Å². The molecule has 72 valence electrons. The summed E-state index contributed by atoms with van der Waals surface area (Å²) in [5, 5.41) is 18.4. The Balaban J connectivity index is 3.11. The van der Waals surface area contributed by atoms with Crippen molar-refractivity contribution in [2.75, 3.05) is 6.61 Å². The number of benzene rings is 1. The summed E-state index contributed by atoms with van der Waals surface area (Å²) >= 11 is 3.26. The minimum atomic E-state index is -0.203. The smallest absolute Gasteiger partial charge is 0.163 e. The quantitative estimate of drug-likeness (QED) is 0.859. The Hall–Kier alpha value is -0.740. The second-order valence-corrected chi connectivity index (χ2v) is 3.42. The van der Waals surface area contributed by atoms with E-state index in [0.717, 1.165) is 4.47 Å². The van der Waals surface area contributed by atoms with E-state index in [1.54, 1.807) is 12.1 Å². The summed E-state index contributed by atoms with van der Waals surface area (Å²) in [6, 6.07) is 3.32. The Kier molecular flexibility index (Phi) is 3.57. The van der Waals surface area contributed by atoms with Crippen LogP contribution < -0.4 is 4.74 Å². The second-order valence-electron chi connectivity index (χ2n) is 2.50. The van der Waals surface area contributed by atoms with E-state index in [1.165, 1.54) is 0 Å². The summed E-state index contributed by atoms with van der Waals surface area (Å²) < 4.78 is 5.94. The molecule has 0 radical (unpaired) electrons. The van der Waals surface area contributed by atoms with Gasteiger partial charge in [0.1, 0.15) is 0 Å². The lowest BCUT2D eigenvalue weighted by Crippen LogP contribution is -1.94. The molecule has 13 heavy (non-hydrogen) atoms. The van der Waals surface area contributed by atoms with Gasteiger partial charge in [0.05, 0.1) is 13.2 Å². The number of hydrogen-bond acceptors (Lipinski definition) is 3. The number of aromatic hydroxyl groups is 1. The van der Waals surface area contributed by atoms with Gasteiger partial charge in [-0.1, -0.05) is 15.9 Å². The highest BCUT2D eigenvalue weighted by atomic mass is 79.9. The van der Waals surface area contributed by atoms with E-state index >= 15 is 0 Å². The molecule has 0 amide bonds. The predicted molar refractivity (Wildman–Crippen MR) is 52.9 cm³/mol. The van der Waals surface area contributed by atoms with Crippen molar-refractivity contribution in [3.63, 3.8) is 0 Å². The first-order valence-electron chi connectivity index (χ1n) is 3.94. The van der Waals surface area contributed by atoms with Crippen LogP contribution in [0.15, 0.2) is 16.6 Å². The van der Waals surface area contributed by atoms with Gasteiger partial charge in [0.2, 0.25) is 0 Å². The molecule has 1 aromatic carbocycles. The van der Waals surface area contributed by atoms with Crippen molar-refractivity contribution in [2.24, 2.45) is 0 Å². The Bertz CT molecular complexity index is 299. The van der Waals surface area contributed by atoms with Crippen molar-refractivity contribution >= 4 is 15.9 Å². The van der Waals surface area contributed by atoms with E-state index < -0.39 is 0 Å². The summed E-state index contributed by atoms with van der Waals surface area (Å²) in [6.07, 6.45) is 0. The fraction of sp³-hybridized carbons (Fsp3) is 0.333. The van der Waals surface area contributed by atoms with Crippen molar-refractivity contribution < 1.29 is 14.9 Å². The zero-order valence-electron chi connectivity index (χ0n) is 7.25. The molecule has 1 rings (SSSR count). The average molecular weight is 247 g/mol. The summed E-state index contributed by atoms with van der Waals surface area (Å²) in [6.45, 7) is 2.11. The first-order valence-corrected chi connectivity index (χ1v) is 4.73. The van der Waals surface area contributed by atoms with Crippen LogP contribution in [0.1, 0.15) is 12.5 Å². The summed E-state index contributed by atoms with van der Waals surface area (Å²) in [5.41, 5.74) is 0.456. The summed E-state index contributed by atoms with van der Waals surface area (Å²) in [4.78, 5) is 0. The SMILES string of the molecule is CCOc1cc(Br)cc(CO)c1O.